The Hall–Kier alpha value is -0.400. The van der Waals surface area contributed by atoms with Gasteiger partial charge in [0.25, 0.3) is 6.08 Å². The highest BCUT2D eigenvalue weighted by Crippen LogP contribution is 2.46. The number of rotatable bonds is 3. The Labute approximate surface area is 97.1 Å². The third kappa shape index (κ3) is 2.64. The minimum atomic E-state index is -1.41. The van der Waals surface area contributed by atoms with Crippen molar-refractivity contribution in [3.63, 3.8) is 0 Å². The number of halogens is 2. The van der Waals surface area contributed by atoms with Gasteiger partial charge in [-0.05, 0) is 49.0 Å². The highest BCUT2D eigenvalue weighted by molar-refractivity contribution is 5.14. The first-order valence-corrected chi connectivity index (χ1v) is 6.73. The van der Waals surface area contributed by atoms with Gasteiger partial charge in [0.2, 0.25) is 0 Å². The van der Waals surface area contributed by atoms with Crippen LogP contribution in [0.5, 0.6) is 0 Å². The van der Waals surface area contributed by atoms with E-state index in [-0.39, 0.29) is 0 Å². The average Bonchev–Trinajstić information content (AvgIpc) is 2.18. The van der Waals surface area contributed by atoms with Crippen LogP contribution in [0, 0.1) is 17.8 Å². The number of hydrogen-bond donors (Lipinski definition) is 0. The van der Waals surface area contributed by atoms with Gasteiger partial charge in [0.05, 0.1) is 0 Å². The summed E-state index contributed by atoms with van der Waals surface area (Å²) in [7, 11) is 0. The lowest BCUT2D eigenvalue weighted by Gasteiger charge is -2.39. The van der Waals surface area contributed by atoms with Gasteiger partial charge in [-0.3, -0.25) is 0 Å². The minimum absolute atomic E-state index is 0.431. The molecule has 0 nitrogen and oxygen atoms in total. The van der Waals surface area contributed by atoms with Crippen LogP contribution < -0.4 is 0 Å². The van der Waals surface area contributed by atoms with E-state index >= 15 is 0 Å². The van der Waals surface area contributed by atoms with E-state index in [9.17, 15) is 8.78 Å². The lowest BCUT2D eigenvalue weighted by atomic mass is 9.66. The first-order chi connectivity index (χ1) is 7.70. The largest absolute Gasteiger partial charge is 0.269 e. The second kappa shape index (κ2) is 5.29. The third-order valence-corrected chi connectivity index (χ3v) is 4.54. The molecule has 0 radical (unpaired) electrons. The molecule has 0 unspecified atom stereocenters. The Bertz CT molecular complexity index is 250. The molecule has 0 aliphatic heterocycles. The fourth-order valence-corrected chi connectivity index (χ4v) is 3.42. The van der Waals surface area contributed by atoms with Crippen molar-refractivity contribution in [2.45, 2.75) is 58.3 Å². The van der Waals surface area contributed by atoms with Crippen LogP contribution in [0.25, 0.3) is 0 Å². The monoisotopic (exact) mass is 228 g/mol. The van der Waals surface area contributed by atoms with E-state index in [0.29, 0.717) is 24.3 Å². The molecule has 0 bridgehead atoms. The van der Waals surface area contributed by atoms with E-state index in [2.05, 4.69) is 6.92 Å². The highest BCUT2D eigenvalue weighted by Gasteiger charge is 2.35. The van der Waals surface area contributed by atoms with Crippen molar-refractivity contribution in [1.82, 2.24) is 0 Å². The second-order valence-electron chi connectivity index (χ2n) is 5.60. The van der Waals surface area contributed by atoms with E-state index in [1.54, 1.807) is 0 Å². The van der Waals surface area contributed by atoms with Crippen LogP contribution in [-0.4, -0.2) is 0 Å². The molecule has 92 valence electrons. The van der Waals surface area contributed by atoms with Gasteiger partial charge in [0.1, 0.15) is 0 Å². The quantitative estimate of drug-likeness (QED) is 0.626. The molecule has 0 spiro atoms. The van der Waals surface area contributed by atoms with Crippen LogP contribution in [0.1, 0.15) is 58.3 Å². The van der Waals surface area contributed by atoms with Gasteiger partial charge in [0, 0.05) is 0 Å². The van der Waals surface area contributed by atoms with Crippen LogP contribution in [0.3, 0.4) is 0 Å². The molecule has 0 N–H and O–H groups in total. The van der Waals surface area contributed by atoms with E-state index < -0.39 is 6.08 Å². The Kier molecular flexibility index (Phi) is 3.99. The van der Waals surface area contributed by atoms with E-state index in [0.717, 1.165) is 11.8 Å². The topological polar surface area (TPSA) is 0 Å². The SMILES string of the molecule is CCC[C@H]1CC[C@H](C2CC(=C(F)F)C2)CC1. The zero-order valence-corrected chi connectivity index (χ0v) is 10.1. The van der Waals surface area contributed by atoms with Gasteiger partial charge in [-0.25, -0.2) is 0 Å². The highest BCUT2D eigenvalue weighted by atomic mass is 19.3. The molecule has 0 aromatic rings. The molecule has 2 heteroatoms. The van der Waals surface area contributed by atoms with Crippen LogP contribution in [-0.2, 0) is 0 Å². The lowest BCUT2D eigenvalue weighted by Crippen LogP contribution is -2.28. The van der Waals surface area contributed by atoms with Gasteiger partial charge >= 0.3 is 0 Å². The van der Waals surface area contributed by atoms with Crippen molar-refractivity contribution >= 4 is 0 Å². The summed E-state index contributed by atoms with van der Waals surface area (Å²) in [6.45, 7) is 2.25. The first-order valence-electron chi connectivity index (χ1n) is 6.73. The van der Waals surface area contributed by atoms with Crippen molar-refractivity contribution in [2.24, 2.45) is 17.8 Å². The summed E-state index contributed by atoms with van der Waals surface area (Å²) in [4.78, 5) is 0. The Morgan fingerprint density at radius 1 is 1.06 bits per heavy atom. The molecule has 0 saturated heterocycles. The zero-order chi connectivity index (χ0) is 11.5. The van der Waals surface area contributed by atoms with Gasteiger partial charge < -0.3 is 0 Å². The maximum Gasteiger partial charge on any atom is 0.269 e. The molecule has 0 aromatic heterocycles. The van der Waals surface area contributed by atoms with Crippen molar-refractivity contribution in [3.05, 3.63) is 11.7 Å². The first kappa shape index (κ1) is 12.1. The summed E-state index contributed by atoms with van der Waals surface area (Å²) in [6, 6.07) is 0. The van der Waals surface area contributed by atoms with Crippen LogP contribution in [0.15, 0.2) is 11.7 Å². The molecular weight excluding hydrogens is 206 g/mol. The van der Waals surface area contributed by atoms with Crippen molar-refractivity contribution in [1.29, 1.82) is 0 Å². The third-order valence-electron chi connectivity index (χ3n) is 4.54. The predicted octanol–water partition coefficient (Wildman–Crippen LogP) is 5.15. The lowest BCUT2D eigenvalue weighted by molar-refractivity contribution is 0.162. The molecule has 0 heterocycles. The fraction of sp³-hybridized carbons (Fsp3) is 0.857. The molecule has 2 aliphatic rings. The summed E-state index contributed by atoms with van der Waals surface area (Å²) >= 11 is 0. The molecule has 0 atom stereocenters. The van der Waals surface area contributed by atoms with E-state index in [4.69, 9.17) is 0 Å². The summed E-state index contributed by atoms with van der Waals surface area (Å²) in [6.07, 6.45) is 7.87. The van der Waals surface area contributed by atoms with Gasteiger partial charge in [-0.2, -0.15) is 8.78 Å². The molecule has 0 aromatic carbocycles. The summed E-state index contributed by atoms with van der Waals surface area (Å²) < 4.78 is 24.5. The molecule has 0 amide bonds. The minimum Gasteiger partial charge on any atom is -0.173 e. The predicted molar refractivity (Wildman–Crippen MR) is 62.3 cm³/mol. The maximum atomic E-state index is 12.3. The molecule has 2 saturated carbocycles. The van der Waals surface area contributed by atoms with Gasteiger partial charge in [-0.15, -0.1) is 0 Å². The Balaban J connectivity index is 1.73. The maximum absolute atomic E-state index is 12.3. The molecular formula is C14H22F2. The summed E-state index contributed by atoms with van der Waals surface area (Å²) in [5.41, 5.74) is 0.431. The summed E-state index contributed by atoms with van der Waals surface area (Å²) in [5.74, 6) is 2.25. The molecule has 2 rings (SSSR count). The van der Waals surface area contributed by atoms with Crippen LogP contribution in [0.2, 0.25) is 0 Å². The number of allylic oxidation sites excluding steroid dienone is 1. The Morgan fingerprint density at radius 3 is 2.19 bits per heavy atom. The standard InChI is InChI=1S/C14H22F2/c1-2-3-10-4-6-11(7-5-10)12-8-13(9-12)14(15)16/h10-12H,2-9H2,1H3/t10-,11-. The number of hydrogen-bond acceptors (Lipinski definition) is 0. The zero-order valence-electron chi connectivity index (χ0n) is 10.1. The van der Waals surface area contributed by atoms with Crippen LogP contribution in [0.4, 0.5) is 8.78 Å². The normalized spacial score (nSPS) is 34.7. The van der Waals surface area contributed by atoms with Gasteiger partial charge in [0.15, 0.2) is 0 Å². The Morgan fingerprint density at radius 2 is 1.69 bits per heavy atom. The van der Waals surface area contributed by atoms with E-state index in [1.165, 1.54) is 38.5 Å². The fourth-order valence-electron chi connectivity index (χ4n) is 3.42. The van der Waals surface area contributed by atoms with E-state index in [1.807, 2.05) is 0 Å². The van der Waals surface area contributed by atoms with Crippen molar-refractivity contribution in [3.8, 4) is 0 Å². The summed E-state index contributed by atoms with van der Waals surface area (Å²) in [5, 5.41) is 0. The molecule has 2 fully saturated rings. The smallest absolute Gasteiger partial charge is 0.173 e. The van der Waals surface area contributed by atoms with Crippen molar-refractivity contribution < 1.29 is 8.78 Å². The second-order valence-corrected chi connectivity index (χ2v) is 5.60. The van der Waals surface area contributed by atoms with Crippen molar-refractivity contribution in [2.75, 3.05) is 0 Å². The van der Waals surface area contributed by atoms with Gasteiger partial charge in [-0.1, -0.05) is 32.6 Å². The van der Waals surface area contributed by atoms with Crippen LogP contribution >= 0.6 is 0 Å². The average molecular weight is 228 g/mol. The molecule has 16 heavy (non-hydrogen) atoms. The molecule has 2 aliphatic carbocycles.